The minimum atomic E-state index is -3.24. The number of aliphatic hydroxyl groups excluding tert-OH is 1. The largest absolute Gasteiger partial charge is 0.457 e. The number of thioether (sulfide) groups is 1. The van der Waals surface area contributed by atoms with Crippen molar-refractivity contribution < 1.29 is 18.6 Å². The lowest BCUT2D eigenvalue weighted by molar-refractivity contribution is -0.0976. The van der Waals surface area contributed by atoms with Crippen LogP contribution < -0.4 is 4.74 Å². The van der Waals surface area contributed by atoms with E-state index in [9.17, 15) is 13.9 Å². The van der Waals surface area contributed by atoms with Crippen molar-refractivity contribution in [2.24, 2.45) is 0 Å². The number of fused-ring (bicyclic) bond motifs is 1. The van der Waals surface area contributed by atoms with Crippen LogP contribution in [0.5, 0.6) is 11.5 Å². The molecular weight excluding hydrogens is 356 g/mol. The number of hydrogen-bond donors (Lipinski definition) is 1. The van der Waals surface area contributed by atoms with Crippen molar-refractivity contribution in [2.75, 3.05) is 6.26 Å². The molecule has 3 nitrogen and oxygen atoms in total. The zero-order chi connectivity index (χ0) is 17.5. The molecule has 0 spiro atoms. The summed E-state index contributed by atoms with van der Waals surface area (Å²) < 4.78 is 33.6. The highest BCUT2D eigenvalue weighted by atomic mass is 35.5. The van der Waals surface area contributed by atoms with Gasteiger partial charge in [0.05, 0.1) is 11.6 Å². The van der Waals surface area contributed by atoms with E-state index in [1.165, 1.54) is 30.0 Å². The Balaban J connectivity index is 2.06. The quantitative estimate of drug-likeness (QED) is 0.780. The Kier molecular flexibility index (Phi) is 4.43. The van der Waals surface area contributed by atoms with Gasteiger partial charge in [-0.25, -0.2) is 8.78 Å². The fraction of sp³-hybridized carbons (Fsp3) is 0.235. The van der Waals surface area contributed by atoms with E-state index in [1.54, 1.807) is 18.4 Å². The van der Waals surface area contributed by atoms with Gasteiger partial charge in [-0.05, 0) is 36.6 Å². The maximum atomic E-state index is 14.0. The first-order valence-corrected chi connectivity index (χ1v) is 8.60. The van der Waals surface area contributed by atoms with Crippen LogP contribution in [0.3, 0.4) is 0 Å². The van der Waals surface area contributed by atoms with Gasteiger partial charge in [-0.2, -0.15) is 5.26 Å². The van der Waals surface area contributed by atoms with Crippen LogP contribution in [-0.2, 0) is 6.42 Å². The van der Waals surface area contributed by atoms with Crippen molar-refractivity contribution in [2.45, 2.75) is 23.3 Å². The number of benzene rings is 2. The molecule has 1 aliphatic carbocycles. The molecule has 0 saturated heterocycles. The predicted molar refractivity (Wildman–Crippen MR) is 88.1 cm³/mol. The predicted octanol–water partition coefficient (Wildman–Crippen LogP) is 4.95. The maximum Gasteiger partial charge on any atom is 0.281 e. The van der Waals surface area contributed by atoms with Gasteiger partial charge in [0.15, 0.2) is 0 Å². The fourth-order valence-electron chi connectivity index (χ4n) is 2.74. The zero-order valence-corrected chi connectivity index (χ0v) is 14.1. The first kappa shape index (κ1) is 17.0. The minimum absolute atomic E-state index is 0.201. The number of nitrogens with zero attached hydrogens (tertiary/aromatic N) is 1. The van der Waals surface area contributed by atoms with Gasteiger partial charge < -0.3 is 9.84 Å². The van der Waals surface area contributed by atoms with Crippen LogP contribution in [0.2, 0.25) is 5.02 Å². The molecule has 0 amide bonds. The molecule has 2 aromatic carbocycles. The zero-order valence-electron chi connectivity index (χ0n) is 12.5. The van der Waals surface area contributed by atoms with Crippen molar-refractivity contribution in [3.05, 3.63) is 52.0 Å². The Bertz CT molecular complexity index is 851. The van der Waals surface area contributed by atoms with Crippen molar-refractivity contribution in [1.82, 2.24) is 0 Å². The van der Waals surface area contributed by atoms with Crippen LogP contribution in [0.4, 0.5) is 8.78 Å². The van der Waals surface area contributed by atoms with Crippen molar-refractivity contribution in [3.8, 4) is 17.6 Å². The monoisotopic (exact) mass is 367 g/mol. The van der Waals surface area contributed by atoms with Crippen LogP contribution in [0, 0.1) is 11.3 Å². The number of nitriles is 1. The summed E-state index contributed by atoms with van der Waals surface area (Å²) in [6.45, 7) is 0. The topological polar surface area (TPSA) is 53.2 Å². The average Bonchev–Trinajstić information content (AvgIpc) is 2.78. The van der Waals surface area contributed by atoms with E-state index >= 15 is 0 Å². The molecule has 0 bridgehead atoms. The van der Waals surface area contributed by atoms with Gasteiger partial charge in [0, 0.05) is 27.5 Å². The molecule has 0 heterocycles. The molecule has 1 unspecified atom stereocenters. The van der Waals surface area contributed by atoms with E-state index in [4.69, 9.17) is 21.6 Å². The summed E-state index contributed by atoms with van der Waals surface area (Å²) in [6.07, 6.45) is -0.693. The van der Waals surface area contributed by atoms with Crippen molar-refractivity contribution in [1.29, 1.82) is 5.26 Å². The molecule has 1 atom stereocenters. The smallest absolute Gasteiger partial charge is 0.281 e. The fourth-order valence-corrected chi connectivity index (χ4v) is 3.62. The van der Waals surface area contributed by atoms with Crippen LogP contribution in [0.25, 0.3) is 0 Å². The van der Waals surface area contributed by atoms with E-state index in [0.717, 1.165) is 0 Å². The number of ether oxygens (including phenoxy) is 1. The molecule has 2 aromatic rings. The number of hydrogen-bond acceptors (Lipinski definition) is 4. The molecule has 0 fully saturated rings. The molecule has 7 heteroatoms. The Morgan fingerprint density at radius 1 is 1.38 bits per heavy atom. The van der Waals surface area contributed by atoms with Gasteiger partial charge >= 0.3 is 0 Å². The van der Waals surface area contributed by atoms with Crippen LogP contribution in [0.1, 0.15) is 22.8 Å². The summed E-state index contributed by atoms with van der Waals surface area (Å²) in [7, 11) is 0. The number of halogens is 3. The van der Waals surface area contributed by atoms with Crippen molar-refractivity contribution >= 4 is 23.4 Å². The van der Waals surface area contributed by atoms with Gasteiger partial charge in [0.25, 0.3) is 5.92 Å². The van der Waals surface area contributed by atoms with Crippen molar-refractivity contribution in [3.63, 3.8) is 0 Å². The Morgan fingerprint density at radius 3 is 2.79 bits per heavy atom. The van der Waals surface area contributed by atoms with E-state index in [2.05, 4.69) is 0 Å². The third-order valence-electron chi connectivity index (χ3n) is 3.81. The molecule has 1 N–H and O–H groups in total. The van der Waals surface area contributed by atoms with E-state index in [0.29, 0.717) is 15.5 Å². The summed E-state index contributed by atoms with van der Waals surface area (Å²) in [5, 5.41) is 19.2. The van der Waals surface area contributed by atoms with Crippen LogP contribution in [0.15, 0.2) is 35.2 Å². The van der Waals surface area contributed by atoms with Gasteiger partial charge in [-0.1, -0.05) is 11.6 Å². The van der Waals surface area contributed by atoms with Crippen LogP contribution in [-0.4, -0.2) is 17.3 Å². The lowest BCUT2D eigenvalue weighted by Crippen LogP contribution is -2.21. The molecule has 0 radical (unpaired) electrons. The first-order valence-electron chi connectivity index (χ1n) is 7.00. The molecule has 124 valence electrons. The number of rotatable bonds is 3. The van der Waals surface area contributed by atoms with E-state index < -0.39 is 18.4 Å². The van der Waals surface area contributed by atoms with Gasteiger partial charge in [-0.15, -0.1) is 11.8 Å². The molecule has 0 saturated carbocycles. The third kappa shape index (κ3) is 2.95. The summed E-state index contributed by atoms with van der Waals surface area (Å²) >= 11 is 7.22. The molecule has 1 aliphatic rings. The number of alkyl halides is 2. The Hall–Kier alpha value is -1.81. The SMILES string of the molecule is CSc1ccc(Oc2cc(Cl)cc(C#N)c2)c2c1C(O)C(F)(F)C2. The highest BCUT2D eigenvalue weighted by Crippen LogP contribution is 2.50. The maximum absolute atomic E-state index is 14.0. The lowest BCUT2D eigenvalue weighted by atomic mass is 10.1. The summed E-state index contributed by atoms with van der Waals surface area (Å²) in [6, 6.07) is 9.64. The third-order valence-corrected chi connectivity index (χ3v) is 4.82. The highest BCUT2D eigenvalue weighted by molar-refractivity contribution is 7.98. The molecule has 24 heavy (non-hydrogen) atoms. The van der Waals surface area contributed by atoms with E-state index in [-0.39, 0.29) is 22.6 Å². The summed E-state index contributed by atoms with van der Waals surface area (Å²) in [5.74, 6) is -2.73. The normalized spacial score (nSPS) is 18.1. The summed E-state index contributed by atoms with van der Waals surface area (Å²) in [4.78, 5) is 0.589. The molecule has 0 aromatic heterocycles. The molecule has 0 aliphatic heterocycles. The van der Waals surface area contributed by atoms with Crippen LogP contribution >= 0.6 is 23.4 Å². The first-order chi connectivity index (χ1) is 11.4. The Morgan fingerprint density at radius 2 is 2.12 bits per heavy atom. The lowest BCUT2D eigenvalue weighted by Gasteiger charge is -2.15. The second-order valence-electron chi connectivity index (χ2n) is 5.39. The van der Waals surface area contributed by atoms with E-state index in [1.807, 2.05) is 6.07 Å². The second-order valence-corrected chi connectivity index (χ2v) is 6.67. The van der Waals surface area contributed by atoms with Gasteiger partial charge in [0.1, 0.15) is 17.6 Å². The molecular formula is C17H12ClF2NO2S. The second kappa shape index (κ2) is 6.25. The minimum Gasteiger partial charge on any atom is -0.457 e. The number of aliphatic hydroxyl groups is 1. The van der Waals surface area contributed by atoms with Gasteiger partial charge in [-0.3, -0.25) is 0 Å². The standard InChI is InChI=1S/C17H12ClF2NO2S/c1-24-14-3-2-13(12-7-17(19,20)16(22)15(12)14)23-11-5-9(8-21)4-10(18)6-11/h2-6,16,22H,7H2,1H3. The van der Waals surface area contributed by atoms with Gasteiger partial charge in [0.2, 0.25) is 0 Å². The highest BCUT2D eigenvalue weighted by Gasteiger charge is 2.49. The summed E-state index contributed by atoms with van der Waals surface area (Å²) in [5.41, 5.74) is 0.783. The molecule has 3 rings (SSSR count). The Labute approximate surface area is 146 Å². The average molecular weight is 368 g/mol.